The molecule has 0 aliphatic heterocycles. The molecule has 1 atom stereocenters. The van der Waals surface area contributed by atoms with Gasteiger partial charge in [0.2, 0.25) is 0 Å². The van der Waals surface area contributed by atoms with Gasteiger partial charge in [0.1, 0.15) is 0 Å². The molecule has 0 aliphatic rings. The van der Waals surface area contributed by atoms with E-state index in [0.717, 1.165) is 26.1 Å². The number of nitrogens with zero attached hydrogens (tertiary/aromatic N) is 1. The molecule has 0 aliphatic carbocycles. The van der Waals surface area contributed by atoms with Gasteiger partial charge < -0.3 is 10.6 Å². The maximum atomic E-state index is 5.52. The van der Waals surface area contributed by atoms with Crippen LogP contribution in [-0.4, -0.2) is 25.0 Å². The van der Waals surface area contributed by atoms with E-state index in [1.165, 1.54) is 5.56 Å². The molecule has 1 aromatic rings. The first kappa shape index (κ1) is 11.7. The first-order valence-electron chi connectivity index (χ1n) is 5.12. The molecule has 80 valence electrons. The van der Waals surface area contributed by atoms with Crippen molar-refractivity contribution in [1.29, 1.82) is 0 Å². The summed E-state index contributed by atoms with van der Waals surface area (Å²) in [5.74, 6) is 0.698. The summed E-state index contributed by atoms with van der Waals surface area (Å²) in [6.07, 6.45) is 1.12. The van der Waals surface area contributed by atoms with Crippen LogP contribution in [0.1, 0.15) is 18.9 Å². The molecule has 0 saturated carbocycles. The van der Waals surface area contributed by atoms with Crippen molar-refractivity contribution in [3.63, 3.8) is 0 Å². The lowest BCUT2D eigenvalue weighted by molar-refractivity contribution is 0.273. The minimum Gasteiger partial charge on any atom is -0.330 e. The fourth-order valence-corrected chi connectivity index (χ4v) is 2.33. The fraction of sp³-hybridized carbons (Fsp3) is 0.636. The Morgan fingerprint density at radius 1 is 1.57 bits per heavy atom. The van der Waals surface area contributed by atoms with Gasteiger partial charge in [-0.15, -0.1) is 0 Å². The third-order valence-corrected chi connectivity index (χ3v) is 3.05. The molecule has 3 heteroatoms. The van der Waals surface area contributed by atoms with Gasteiger partial charge in [0.15, 0.2) is 0 Å². The zero-order valence-electron chi connectivity index (χ0n) is 9.07. The first-order valence-corrected chi connectivity index (χ1v) is 6.06. The maximum Gasteiger partial charge on any atom is 0.0239 e. The van der Waals surface area contributed by atoms with Crippen LogP contribution >= 0.6 is 11.3 Å². The summed E-state index contributed by atoms with van der Waals surface area (Å²) in [7, 11) is 2.17. The number of rotatable bonds is 6. The van der Waals surface area contributed by atoms with E-state index in [4.69, 9.17) is 5.73 Å². The van der Waals surface area contributed by atoms with Gasteiger partial charge in [-0.2, -0.15) is 11.3 Å². The van der Waals surface area contributed by atoms with Gasteiger partial charge in [0, 0.05) is 13.1 Å². The molecule has 2 N–H and O–H groups in total. The summed E-state index contributed by atoms with van der Waals surface area (Å²) in [5, 5.41) is 4.34. The first-order chi connectivity index (χ1) is 6.72. The van der Waals surface area contributed by atoms with E-state index in [9.17, 15) is 0 Å². The summed E-state index contributed by atoms with van der Waals surface area (Å²) in [6.45, 7) is 5.25. The standard InChI is InChI=1S/C11H20N2S/c1-10(3-5-12)7-13(2)8-11-4-6-14-9-11/h4,6,9-10H,3,5,7-8,12H2,1-2H3. The molecule has 14 heavy (non-hydrogen) atoms. The van der Waals surface area contributed by atoms with Gasteiger partial charge >= 0.3 is 0 Å². The molecule has 0 fully saturated rings. The molecule has 0 bridgehead atoms. The summed E-state index contributed by atoms with van der Waals surface area (Å²) in [4.78, 5) is 2.36. The average Bonchev–Trinajstić information content (AvgIpc) is 2.56. The van der Waals surface area contributed by atoms with Crippen molar-refractivity contribution in [3.05, 3.63) is 22.4 Å². The van der Waals surface area contributed by atoms with E-state index in [0.29, 0.717) is 5.92 Å². The highest BCUT2D eigenvalue weighted by Gasteiger charge is 2.06. The molecule has 0 spiro atoms. The Labute approximate surface area is 90.7 Å². The Morgan fingerprint density at radius 3 is 2.93 bits per heavy atom. The zero-order chi connectivity index (χ0) is 10.4. The van der Waals surface area contributed by atoms with Crippen molar-refractivity contribution in [2.24, 2.45) is 11.7 Å². The lowest BCUT2D eigenvalue weighted by Crippen LogP contribution is -2.25. The smallest absolute Gasteiger partial charge is 0.0239 e. The van der Waals surface area contributed by atoms with E-state index in [1.807, 2.05) is 0 Å². The minimum atomic E-state index is 0.698. The summed E-state index contributed by atoms with van der Waals surface area (Å²) >= 11 is 1.76. The van der Waals surface area contributed by atoms with E-state index in [-0.39, 0.29) is 0 Å². The molecule has 0 radical (unpaired) electrons. The van der Waals surface area contributed by atoms with Gasteiger partial charge in [-0.05, 0) is 48.3 Å². The normalized spacial score (nSPS) is 13.4. The summed E-state index contributed by atoms with van der Waals surface area (Å²) in [5.41, 5.74) is 6.94. The minimum absolute atomic E-state index is 0.698. The second-order valence-corrected chi connectivity index (χ2v) is 4.79. The Kier molecular flexibility index (Phi) is 5.15. The van der Waals surface area contributed by atoms with Crippen LogP contribution < -0.4 is 5.73 Å². The van der Waals surface area contributed by atoms with E-state index < -0.39 is 0 Å². The molecule has 1 aromatic heterocycles. The molecule has 2 nitrogen and oxygen atoms in total. The number of nitrogens with two attached hydrogens (primary N) is 1. The van der Waals surface area contributed by atoms with Crippen LogP contribution in [0.2, 0.25) is 0 Å². The molecule has 1 heterocycles. The lowest BCUT2D eigenvalue weighted by Gasteiger charge is -2.20. The molecule has 1 unspecified atom stereocenters. The maximum absolute atomic E-state index is 5.52. The highest BCUT2D eigenvalue weighted by atomic mass is 32.1. The second-order valence-electron chi connectivity index (χ2n) is 4.01. The van der Waals surface area contributed by atoms with Crippen molar-refractivity contribution in [2.75, 3.05) is 20.1 Å². The Morgan fingerprint density at radius 2 is 2.36 bits per heavy atom. The number of hydrogen-bond donors (Lipinski definition) is 1. The predicted molar refractivity (Wildman–Crippen MR) is 63.5 cm³/mol. The Balaban J connectivity index is 2.25. The van der Waals surface area contributed by atoms with Crippen molar-refractivity contribution < 1.29 is 0 Å². The SMILES string of the molecule is CC(CCN)CN(C)Cc1ccsc1. The topological polar surface area (TPSA) is 29.3 Å². The molecular weight excluding hydrogens is 192 g/mol. The summed E-state index contributed by atoms with van der Waals surface area (Å²) in [6, 6.07) is 2.19. The Bertz CT molecular complexity index is 233. The van der Waals surface area contributed by atoms with Crippen molar-refractivity contribution >= 4 is 11.3 Å². The summed E-state index contributed by atoms with van der Waals surface area (Å²) < 4.78 is 0. The average molecular weight is 212 g/mol. The van der Waals surface area contributed by atoms with Gasteiger partial charge in [-0.1, -0.05) is 6.92 Å². The Hall–Kier alpha value is -0.380. The molecule has 0 saturated heterocycles. The second kappa shape index (κ2) is 6.17. The van der Waals surface area contributed by atoms with Crippen LogP contribution in [0.25, 0.3) is 0 Å². The van der Waals surface area contributed by atoms with Crippen LogP contribution in [0.5, 0.6) is 0 Å². The van der Waals surface area contributed by atoms with Gasteiger partial charge in [-0.3, -0.25) is 0 Å². The van der Waals surface area contributed by atoms with E-state index >= 15 is 0 Å². The quantitative estimate of drug-likeness (QED) is 0.783. The third kappa shape index (κ3) is 4.22. The van der Waals surface area contributed by atoms with Gasteiger partial charge in [0.05, 0.1) is 0 Å². The lowest BCUT2D eigenvalue weighted by atomic mass is 10.1. The van der Waals surface area contributed by atoms with Crippen molar-refractivity contribution in [2.45, 2.75) is 19.9 Å². The highest BCUT2D eigenvalue weighted by Crippen LogP contribution is 2.10. The van der Waals surface area contributed by atoms with Crippen molar-refractivity contribution in [1.82, 2.24) is 4.90 Å². The van der Waals surface area contributed by atoms with Gasteiger partial charge in [0.25, 0.3) is 0 Å². The van der Waals surface area contributed by atoms with Crippen LogP contribution in [0.4, 0.5) is 0 Å². The van der Waals surface area contributed by atoms with E-state index in [1.54, 1.807) is 11.3 Å². The van der Waals surface area contributed by atoms with Crippen LogP contribution in [-0.2, 0) is 6.54 Å². The van der Waals surface area contributed by atoms with E-state index in [2.05, 4.69) is 35.7 Å². The van der Waals surface area contributed by atoms with Crippen LogP contribution in [0, 0.1) is 5.92 Å². The zero-order valence-corrected chi connectivity index (χ0v) is 9.89. The van der Waals surface area contributed by atoms with Crippen LogP contribution in [0.3, 0.4) is 0 Å². The third-order valence-electron chi connectivity index (χ3n) is 2.32. The largest absolute Gasteiger partial charge is 0.330 e. The molecule has 1 rings (SSSR count). The molecular formula is C11H20N2S. The van der Waals surface area contributed by atoms with Gasteiger partial charge in [-0.25, -0.2) is 0 Å². The highest BCUT2D eigenvalue weighted by molar-refractivity contribution is 7.07. The fourth-order valence-electron chi connectivity index (χ4n) is 1.67. The molecule has 0 amide bonds. The number of hydrogen-bond acceptors (Lipinski definition) is 3. The monoisotopic (exact) mass is 212 g/mol. The number of thiophene rings is 1. The molecule has 0 aromatic carbocycles. The predicted octanol–water partition coefficient (Wildman–Crippen LogP) is 2.16. The van der Waals surface area contributed by atoms with Crippen molar-refractivity contribution in [3.8, 4) is 0 Å². The van der Waals surface area contributed by atoms with Crippen LogP contribution in [0.15, 0.2) is 16.8 Å².